The number of rotatable bonds is 8. The number of ether oxygens (including phenoxy) is 1. The van der Waals surface area contributed by atoms with Gasteiger partial charge in [-0.05, 0) is 78.0 Å². The molecule has 0 aliphatic heterocycles. The van der Waals surface area contributed by atoms with Crippen molar-refractivity contribution in [3.63, 3.8) is 0 Å². The largest absolute Gasteiger partial charge is 0.481 e. The summed E-state index contributed by atoms with van der Waals surface area (Å²) < 4.78 is 11.7. The quantitative estimate of drug-likeness (QED) is 0.200. The van der Waals surface area contributed by atoms with Gasteiger partial charge in [0.15, 0.2) is 0 Å². The van der Waals surface area contributed by atoms with Crippen LogP contribution in [0.1, 0.15) is 22.6 Å². The van der Waals surface area contributed by atoms with Gasteiger partial charge in [-0.15, -0.1) is 0 Å². The van der Waals surface area contributed by atoms with E-state index in [2.05, 4.69) is 110 Å². The average Bonchev–Trinajstić information content (AvgIpc) is 3.54. The van der Waals surface area contributed by atoms with Gasteiger partial charge in [0, 0.05) is 29.0 Å². The molecule has 0 aliphatic carbocycles. The molecule has 4 heteroatoms. The van der Waals surface area contributed by atoms with Crippen molar-refractivity contribution in [2.24, 2.45) is 0 Å². The van der Waals surface area contributed by atoms with Gasteiger partial charge in [0.05, 0.1) is 18.9 Å². The molecule has 4 nitrogen and oxygen atoms in total. The van der Waals surface area contributed by atoms with Crippen molar-refractivity contribution in [3.8, 4) is 17.2 Å². The highest BCUT2D eigenvalue weighted by Gasteiger charge is 2.26. The molecule has 0 amide bonds. The molecule has 4 aromatic carbocycles. The van der Waals surface area contributed by atoms with E-state index in [4.69, 9.17) is 14.1 Å². The summed E-state index contributed by atoms with van der Waals surface area (Å²) in [4.78, 5) is 7.20. The van der Waals surface area contributed by atoms with E-state index in [1.165, 1.54) is 27.5 Å². The normalized spacial score (nSPS) is 12.8. The number of hydrogen-bond acceptors (Lipinski definition) is 4. The maximum Gasteiger partial charge on any atom is 0.217 e. The van der Waals surface area contributed by atoms with E-state index < -0.39 is 0 Å². The SMILES string of the molecule is COc1nc2ccc(-c3ccco3)cc2cc1C(/C(=C/CN(C)C)c1cccc2ccccc12)c1ccccc1. The van der Waals surface area contributed by atoms with E-state index in [1.807, 2.05) is 24.3 Å². The van der Waals surface area contributed by atoms with E-state index >= 15 is 0 Å². The van der Waals surface area contributed by atoms with Crippen molar-refractivity contribution in [1.29, 1.82) is 0 Å². The lowest BCUT2D eigenvalue weighted by Crippen LogP contribution is -2.14. The number of allylic oxidation sites excluding steroid dienone is 1. The van der Waals surface area contributed by atoms with Crippen molar-refractivity contribution < 1.29 is 9.15 Å². The molecular formula is C36H32N2O2. The summed E-state index contributed by atoms with van der Waals surface area (Å²) >= 11 is 0. The Kier molecular flexibility index (Phi) is 7.17. The molecule has 6 rings (SSSR count). The van der Waals surface area contributed by atoms with Gasteiger partial charge in [-0.1, -0.05) is 78.9 Å². The number of nitrogens with zero attached hydrogens (tertiary/aromatic N) is 2. The number of aromatic nitrogens is 1. The number of methoxy groups -OCH3 is 1. The van der Waals surface area contributed by atoms with Gasteiger partial charge in [0.1, 0.15) is 5.76 Å². The Bertz CT molecular complexity index is 1780. The summed E-state index contributed by atoms with van der Waals surface area (Å²) in [5.74, 6) is 1.36. The molecule has 1 atom stereocenters. The lowest BCUT2D eigenvalue weighted by atomic mass is 9.80. The highest BCUT2D eigenvalue weighted by atomic mass is 16.5. The fourth-order valence-corrected chi connectivity index (χ4v) is 5.46. The van der Waals surface area contributed by atoms with Crippen molar-refractivity contribution in [2.45, 2.75) is 5.92 Å². The summed E-state index contributed by atoms with van der Waals surface area (Å²) in [6, 6.07) is 38.2. The van der Waals surface area contributed by atoms with Crippen LogP contribution < -0.4 is 4.74 Å². The Balaban J connectivity index is 1.63. The molecule has 0 saturated carbocycles. The minimum Gasteiger partial charge on any atom is -0.481 e. The molecule has 198 valence electrons. The van der Waals surface area contributed by atoms with Gasteiger partial charge >= 0.3 is 0 Å². The monoisotopic (exact) mass is 524 g/mol. The van der Waals surface area contributed by atoms with Gasteiger partial charge in [-0.2, -0.15) is 0 Å². The van der Waals surface area contributed by atoms with Gasteiger partial charge in [0.25, 0.3) is 0 Å². The van der Waals surface area contributed by atoms with Crippen LogP contribution in [0.25, 0.3) is 38.6 Å². The lowest BCUT2D eigenvalue weighted by molar-refractivity contribution is 0.394. The van der Waals surface area contributed by atoms with Crippen LogP contribution in [-0.2, 0) is 0 Å². The number of fused-ring (bicyclic) bond motifs is 2. The van der Waals surface area contributed by atoms with Crippen LogP contribution in [0.3, 0.4) is 0 Å². The van der Waals surface area contributed by atoms with E-state index in [-0.39, 0.29) is 5.92 Å². The molecule has 0 aliphatic rings. The fraction of sp³-hybridized carbons (Fsp3) is 0.139. The van der Waals surface area contributed by atoms with Crippen molar-refractivity contribution in [2.75, 3.05) is 27.7 Å². The van der Waals surface area contributed by atoms with Crippen molar-refractivity contribution >= 4 is 27.2 Å². The third-order valence-electron chi connectivity index (χ3n) is 7.34. The van der Waals surface area contributed by atoms with E-state index in [1.54, 1.807) is 13.4 Å². The molecule has 1 unspecified atom stereocenters. The van der Waals surface area contributed by atoms with Crippen LogP contribution in [-0.4, -0.2) is 37.6 Å². The first-order valence-corrected chi connectivity index (χ1v) is 13.5. The molecular weight excluding hydrogens is 492 g/mol. The van der Waals surface area contributed by atoms with Gasteiger partial charge in [-0.25, -0.2) is 4.98 Å². The maximum atomic E-state index is 5.99. The minimum absolute atomic E-state index is 0.105. The second-order valence-electron chi connectivity index (χ2n) is 10.3. The first kappa shape index (κ1) is 25.6. The van der Waals surface area contributed by atoms with Crippen molar-refractivity contribution in [3.05, 3.63) is 138 Å². The lowest BCUT2D eigenvalue weighted by Gasteiger charge is -2.26. The second-order valence-corrected chi connectivity index (χ2v) is 10.3. The summed E-state index contributed by atoms with van der Waals surface area (Å²) in [6.07, 6.45) is 4.05. The number of pyridine rings is 1. The Labute approximate surface area is 235 Å². The maximum absolute atomic E-state index is 5.99. The fourth-order valence-electron chi connectivity index (χ4n) is 5.46. The molecule has 2 heterocycles. The highest BCUT2D eigenvalue weighted by Crippen LogP contribution is 2.44. The number of benzene rings is 4. The standard InChI is InChI=1S/C36H32N2O2/c1-38(2)21-20-31(30-16-9-14-25-11-7-8-15-29(25)30)35(26-12-5-4-6-13-26)32-24-28-23-27(34-17-10-22-40-34)18-19-33(28)37-36(32)39-3/h4-20,22-24,35H,21H2,1-3H3/b31-20+. The second kappa shape index (κ2) is 11.2. The summed E-state index contributed by atoms with van der Waals surface area (Å²) in [7, 11) is 5.91. The molecule has 0 spiro atoms. The predicted molar refractivity (Wildman–Crippen MR) is 165 cm³/mol. The minimum atomic E-state index is -0.105. The first-order chi connectivity index (χ1) is 19.6. The molecule has 2 aromatic heterocycles. The summed E-state index contributed by atoms with van der Waals surface area (Å²) in [5.41, 5.74) is 6.53. The Morgan fingerprint density at radius 1 is 0.850 bits per heavy atom. The Hall–Kier alpha value is -4.67. The highest BCUT2D eigenvalue weighted by molar-refractivity contribution is 5.96. The molecule has 0 bridgehead atoms. The van der Waals surface area contributed by atoms with Crippen LogP contribution in [0.15, 0.2) is 126 Å². The predicted octanol–water partition coefficient (Wildman–Crippen LogP) is 8.43. The molecule has 6 aromatic rings. The molecule has 40 heavy (non-hydrogen) atoms. The number of likely N-dealkylation sites (N-methyl/N-ethyl adjacent to an activating group) is 1. The van der Waals surface area contributed by atoms with E-state index in [0.717, 1.165) is 34.3 Å². The third-order valence-corrected chi connectivity index (χ3v) is 7.34. The Morgan fingerprint density at radius 2 is 1.65 bits per heavy atom. The molecule has 0 radical (unpaired) electrons. The zero-order valence-corrected chi connectivity index (χ0v) is 23.0. The van der Waals surface area contributed by atoms with E-state index in [9.17, 15) is 0 Å². The van der Waals surface area contributed by atoms with Gasteiger partial charge in [0.2, 0.25) is 5.88 Å². The summed E-state index contributed by atoms with van der Waals surface area (Å²) in [5, 5.41) is 3.48. The smallest absolute Gasteiger partial charge is 0.217 e. The van der Waals surface area contributed by atoms with Crippen LogP contribution in [0.2, 0.25) is 0 Å². The molecule has 0 saturated heterocycles. The van der Waals surface area contributed by atoms with Crippen molar-refractivity contribution in [1.82, 2.24) is 9.88 Å². The molecule has 0 fully saturated rings. The van der Waals surface area contributed by atoms with Gasteiger partial charge < -0.3 is 14.1 Å². The third kappa shape index (κ3) is 5.02. The van der Waals surface area contributed by atoms with Gasteiger partial charge in [-0.3, -0.25) is 0 Å². The molecule has 0 N–H and O–H groups in total. The average molecular weight is 525 g/mol. The number of furan rings is 1. The zero-order valence-electron chi connectivity index (χ0n) is 23.0. The van der Waals surface area contributed by atoms with Crippen LogP contribution in [0.4, 0.5) is 0 Å². The first-order valence-electron chi connectivity index (χ1n) is 13.5. The zero-order chi connectivity index (χ0) is 27.5. The Morgan fingerprint density at radius 3 is 2.42 bits per heavy atom. The topological polar surface area (TPSA) is 38.5 Å². The van der Waals surface area contributed by atoms with Crippen LogP contribution >= 0.6 is 0 Å². The van der Waals surface area contributed by atoms with E-state index in [0.29, 0.717) is 5.88 Å². The van der Waals surface area contributed by atoms with Crippen LogP contribution in [0.5, 0.6) is 5.88 Å². The van der Waals surface area contributed by atoms with Crippen LogP contribution in [0, 0.1) is 0 Å². The number of hydrogen-bond donors (Lipinski definition) is 0. The summed E-state index contributed by atoms with van der Waals surface area (Å²) in [6.45, 7) is 0.799.